The highest BCUT2D eigenvalue weighted by Crippen LogP contribution is 2.08. The summed E-state index contributed by atoms with van der Waals surface area (Å²) in [7, 11) is 0. The molecule has 2 N–H and O–H groups in total. The molecular formula is C11H20N2O. The van der Waals surface area contributed by atoms with Gasteiger partial charge in [0.1, 0.15) is 0 Å². The molecule has 1 unspecified atom stereocenters. The lowest BCUT2D eigenvalue weighted by Crippen LogP contribution is -2.38. The first-order valence-corrected chi connectivity index (χ1v) is 5.36. The van der Waals surface area contributed by atoms with Gasteiger partial charge in [0.25, 0.3) is 0 Å². The van der Waals surface area contributed by atoms with Gasteiger partial charge >= 0.3 is 0 Å². The molecule has 80 valence electrons. The fourth-order valence-corrected chi connectivity index (χ4v) is 1.61. The zero-order valence-electron chi connectivity index (χ0n) is 9.10. The Hall–Kier alpha value is -0.830. The number of hydrogen-bond donors (Lipinski definition) is 2. The molecule has 0 bridgehead atoms. The summed E-state index contributed by atoms with van der Waals surface area (Å²) in [6.45, 7) is 6.69. The number of allylic oxidation sites excluding steroid dienone is 1. The van der Waals surface area contributed by atoms with Crippen molar-refractivity contribution in [1.82, 2.24) is 10.6 Å². The van der Waals surface area contributed by atoms with Crippen LogP contribution in [0.5, 0.6) is 0 Å². The summed E-state index contributed by atoms with van der Waals surface area (Å²) in [6, 6.07) is 0. The van der Waals surface area contributed by atoms with Gasteiger partial charge in [-0.15, -0.1) is 0 Å². The van der Waals surface area contributed by atoms with Crippen LogP contribution in [0.25, 0.3) is 0 Å². The van der Waals surface area contributed by atoms with Gasteiger partial charge in [-0.2, -0.15) is 0 Å². The highest BCUT2D eigenvalue weighted by atomic mass is 16.1. The molecule has 1 fully saturated rings. The van der Waals surface area contributed by atoms with Crippen LogP contribution in [0.4, 0.5) is 0 Å². The first-order chi connectivity index (χ1) is 6.74. The Bertz CT molecular complexity index is 217. The Morgan fingerprint density at radius 2 is 2.43 bits per heavy atom. The van der Waals surface area contributed by atoms with E-state index in [0.717, 1.165) is 25.2 Å². The molecule has 0 radical (unpaired) electrons. The van der Waals surface area contributed by atoms with E-state index in [0.29, 0.717) is 5.92 Å². The van der Waals surface area contributed by atoms with Gasteiger partial charge in [-0.3, -0.25) is 4.79 Å². The Labute approximate surface area is 86.0 Å². The number of hydrogen-bond acceptors (Lipinski definition) is 2. The minimum atomic E-state index is 0.0677. The van der Waals surface area contributed by atoms with Crippen LogP contribution in [-0.4, -0.2) is 25.5 Å². The standard InChI is InChI=1S/C11H20N2O/c1-3-9(2)11(14)13-8-10-5-4-6-12-7-10/h3,10,12H,4-8H2,1-2H3,(H,13,14)/b9-3-. The molecule has 0 aliphatic carbocycles. The van der Waals surface area contributed by atoms with Crippen LogP contribution in [-0.2, 0) is 4.79 Å². The number of carbonyl (C=O) groups excluding carboxylic acids is 1. The molecule has 1 rings (SSSR count). The van der Waals surface area contributed by atoms with Crippen LogP contribution in [0.15, 0.2) is 11.6 Å². The maximum Gasteiger partial charge on any atom is 0.246 e. The molecule has 3 heteroatoms. The van der Waals surface area contributed by atoms with Crippen LogP contribution >= 0.6 is 0 Å². The third-order valence-corrected chi connectivity index (χ3v) is 2.74. The summed E-state index contributed by atoms with van der Waals surface area (Å²) in [5, 5.41) is 6.29. The van der Waals surface area contributed by atoms with Gasteiger partial charge in [0, 0.05) is 12.1 Å². The highest BCUT2D eigenvalue weighted by molar-refractivity contribution is 5.92. The molecule has 0 spiro atoms. The predicted octanol–water partition coefficient (Wildman–Crippen LogP) is 1.07. The van der Waals surface area contributed by atoms with Crippen molar-refractivity contribution in [3.05, 3.63) is 11.6 Å². The van der Waals surface area contributed by atoms with Gasteiger partial charge in [0.05, 0.1) is 0 Å². The summed E-state index contributed by atoms with van der Waals surface area (Å²) in [5.74, 6) is 0.676. The number of nitrogens with one attached hydrogen (secondary N) is 2. The number of carbonyl (C=O) groups is 1. The Balaban J connectivity index is 2.22. The Morgan fingerprint density at radius 3 is 3.00 bits per heavy atom. The largest absolute Gasteiger partial charge is 0.352 e. The predicted molar refractivity (Wildman–Crippen MR) is 58.0 cm³/mol. The smallest absolute Gasteiger partial charge is 0.246 e. The third-order valence-electron chi connectivity index (χ3n) is 2.74. The van der Waals surface area contributed by atoms with E-state index < -0.39 is 0 Å². The van der Waals surface area contributed by atoms with Gasteiger partial charge in [0.15, 0.2) is 0 Å². The van der Waals surface area contributed by atoms with E-state index in [4.69, 9.17) is 0 Å². The second kappa shape index (κ2) is 5.81. The van der Waals surface area contributed by atoms with Crippen molar-refractivity contribution in [3.8, 4) is 0 Å². The molecule has 3 nitrogen and oxygen atoms in total. The Kier molecular flexibility index (Phi) is 4.66. The maximum absolute atomic E-state index is 11.4. The fraction of sp³-hybridized carbons (Fsp3) is 0.727. The zero-order valence-corrected chi connectivity index (χ0v) is 9.10. The van der Waals surface area contributed by atoms with Crippen LogP contribution in [0.3, 0.4) is 0 Å². The van der Waals surface area contributed by atoms with E-state index in [1.165, 1.54) is 12.8 Å². The molecule has 1 saturated heterocycles. The first-order valence-electron chi connectivity index (χ1n) is 5.36. The third kappa shape index (κ3) is 3.50. The Morgan fingerprint density at radius 1 is 1.64 bits per heavy atom. The lowest BCUT2D eigenvalue weighted by atomic mass is 10.00. The number of rotatable bonds is 3. The van der Waals surface area contributed by atoms with Gasteiger partial charge in [0.2, 0.25) is 5.91 Å². The monoisotopic (exact) mass is 196 g/mol. The van der Waals surface area contributed by atoms with Crippen molar-refractivity contribution in [1.29, 1.82) is 0 Å². The highest BCUT2D eigenvalue weighted by Gasteiger charge is 2.13. The molecule has 0 aromatic rings. The molecule has 1 aliphatic rings. The number of piperidine rings is 1. The molecule has 1 amide bonds. The fourth-order valence-electron chi connectivity index (χ4n) is 1.61. The van der Waals surface area contributed by atoms with Crippen LogP contribution in [0.1, 0.15) is 26.7 Å². The van der Waals surface area contributed by atoms with Gasteiger partial charge in [-0.05, 0) is 45.7 Å². The lowest BCUT2D eigenvalue weighted by Gasteiger charge is -2.22. The van der Waals surface area contributed by atoms with Gasteiger partial charge in [-0.25, -0.2) is 0 Å². The van der Waals surface area contributed by atoms with Crippen molar-refractivity contribution in [2.24, 2.45) is 5.92 Å². The average Bonchev–Trinajstić information content (AvgIpc) is 2.26. The van der Waals surface area contributed by atoms with Crippen molar-refractivity contribution in [2.45, 2.75) is 26.7 Å². The molecule has 1 heterocycles. The SMILES string of the molecule is C/C=C(/C)C(=O)NCC1CCCNC1. The quantitative estimate of drug-likeness (QED) is 0.663. The van der Waals surface area contributed by atoms with E-state index >= 15 is 0 Å². The van der Waals surface area contributed by atoms with Gasteiger partial charge < -0.3 is 10.6 Å². The molecule has 0 saturated carbocycles. The summed E-state index contributed by atoms with van der Waals surface area (Å²) < 4.78 is 0. The van der Waals surface area contributed by atoms with E-state index in [2.05, 4.69) is 10.6 Å². The molecule has 0 aromatic carbocycles. The van der Waals surface area contributed by atoms with Gasteiger partial charge in [-0.1, -0.05) is 6.08 Å². The van der Waals surface area contributed by atoms with E-state index in [-0.39, 0.29) is 5.91 Å². The van der Waals surface area contributed by atoms with Crippen LogP contribution in [0.2, 0.25) is 0 Å². The van der Waals surface area contributed by atoms with Crippen molar-refractivity contribution < 1.29 is 4.79 Å². The van der Waals surface area contributed by atoms with Crippen molar-refractivity contribution in [3.63, 3.8) is 0 Å². The summed E-state index contributed by atoms with van der Waals surface area (Å²) in [5.41, 5.74) is 0.800. The minimum Gasteiger partial charge on any atom is -0.352 e. The second-order valence-electron chi connectivity index (χ2n) is 3.89. The molecule has 1 atom stereocenters. The van der Waals surface area contributed by atoms with Crippen molar-refractivity contribution >= 4 is 5.91 Å². The topological polar surface area (TPSA) is 41.1 Å². The molecule has 0 aromatic heterocycles. The summed E-state index contributed by atoms with van der Waals surface area (Å²) in [4.78, 5) is 11.4. The van der Waals surface area contributed by atoms with E-state index in [1.54, 1.807) is 0 Å². The lowest BCUT2D eigenvalue weighted by molar-refractivity contribution is -0.117. The molecule has 14 heavy (non-hydrogen) atoms. The summed E-state index contributed by atoms with van der Waals surface area (Å²) >= 11 is 0. The molecular weight excluding hydrogens is 176 g/mol. The number of amides is 1. The van der Waals surface area contributed by atoms with Crippen LogP contribution in [0, 0.1) is 5.92 Å². The summed E-state index contributed by atoms with van der Waals surface area (Å²) in [6.07, 6.45) is 4.29. The average molecular weight is 196 g/mol. The van der Waals surface area contributed by atoms with Crippen LogP contribution < -0.4 is 10.6 Å². The normalized spacial score (nSPS) is 23.3. The first kappa shape index (κ1) is 11.2. The van der Waals surface area contributed by atoms with E-state index in [1.807, 2.05) is 19.9 Å². The molecule has 1 aliphatic heterocycles. The maximum atomic E-state index is 11.4. The van der Waals surface area contributed by atoms with E-state index in [9.17, 15) is 4.79 Å². The zero-order chi connectivity index (χ0) is 10.4. The van der Waals surface area contributed by atoms with Crippen molar-refractivity contribution in [2.75, 3.05) is 19.6 Å². The minimum absolute atomic E-state index is 0.0677. The second-order valence-corrected chi connectivity index (χ2v) is 3.89.